The second-order valence-electron chi connectivity index (χ2n) is 10.0. The van der Waals surface area contributed by atoms with Crippen LogP contribution in [0.3, 0.4) is 0 Å². The molecule has 37 heavy (non-hydrogen) atoms. The maximum absolute atomic E-state index is 13.2. The number of aromatic nitrogens is 2. The number of carbonyl (C=O) groups excluding carboxylic acids is 2. The van der Waals surface area contributed by atoms with Gasteiger partial charge in [-0.1, -0.05) is 30.3 Å². The molecule has 0 bridgehead atoms. The van der Waals surface area contributed by atoms with E-state index >= 15 is 0 Å². The van der Waals surface area contributed by atoms with Gasteiger partial charge in [-0.25, -0.2) is 4.98 Å². The molecule has 0 aliphatic rings. The standard InChI is InChI=1S/C28H32N4O4S/c1-28(2,36)12-11-17(26(29)34)14-24(33)22(13-18-16-37-25-10-6-3-7-19(18)25)32-27(35)23-15-30-20-8-4-5-9-21(20)31-23/h3-10,15-17,22,24,33,36H,11-14H2,1-2H3,(H2,29,34)(H,32,35)/t17-,22+,24+/m1/s1. The lowest BCUT2D eigenvalue weighted by molar-refractivity contribution is -0.123. The molecular formula is C28H32N4O4S. The number of amides is 2. The van der Waals surface area contributed by atoms with Crippen LogP contribution in [0.2, 0.25) is 0 Å². The van der Waals surface area contributed by atoms with Crippen molar-refractivity contribution < 1.29 is 19.8 Å². The van der Waals surface area contributed by atoms with Gasteiger partial charge in [0.15, 0.2) is 0 Å². The molecule has 5 N–H and O–H groups in total. The second kappa shape index (κ2) is 11.3. The number of nitrogens with one attached hydrogen (secondary N) is 1. The number of para-hydroxylation sites is 2. The highest BCUT2D eigenvalue weighted by atomic mass is 32.1. The van der Waals surface area contributed by atoms with Gasteiger partial charge in [0.2, 0.25) is 5.91 Å². The van der Waals surface area contributed by atoms with Crippen LogP contribution >= 0.6 is 11.3 Å². The number of hydrogen-bond donors (Lipinski definition) is 4. The van der Waals surface area contributed by atoms with Crippen LogP contribution in [0.5, 0.6) is 0 Å². The first-order valence-electron chi connectivity index (χ1n) is 12.3. The number of thiophene rings is 1. The normalized spacial score (nSPS) is 14.4. The number of rotatable bonds is 11. The summed E-state index contributed by atoms with van der Waals surface area (Å²) in [4.78, 5) is 34.1. The number of aliphatic hydroxyl groups excluding tert-OH is 1. The van der Waals surface area contributed by atoms with E-state index in [0.29, 0.717) is 30.3 Å². The Hall–Kier alpha value is -3.40. The molecule has 9 heteroatoms. The van der Waals surface area contributed by atoms with Crippen molar-refractivity contribution in [2.45, 2.75) is 57.3 Å². The predicted octanol–water partition coefficient (Wildman–Crippen LogP) is 3.59. The minimum Gasteiger partial charge on any atom is -0.391 e. The first-order chi connectivity index (χ1) is 17.6. The van der Waals surface area contributed by atoms with Crippen molar-refractivity contribution in [1.29, 1.82) is 0 Å². The quantitative estimate of drug-likeness (QED) is 0.238. The molecule has 0 aliphatic carbocycles. The zero-order valence-corrected chi connectivity index (χ0v) is 21.7. The van der Waals surface area contributed by atoms with Crippen molar-refractivity contribution in [1.82, 2.24) is 15.3 Å². The molecule has 0 saturated heterocycles. The highest BCUT2D eigenvalue weighted by molar-refractivity contribution is 7.17. The van der Waals surface area contributed by atoms with Gasteiger partial charge < -0.3 is 21.3 Å². The van der Waals surface area contributed by atoms with Crippen LogP contribution in [0.15, 0.2) is 60.1 Å². The average Bonchev–Trinajstić information content (AvgIpc) is 3.27. The Bertz CT molecular complexity index is 1400. The number of nitrogens with zero attached hydrogens (tertiary/aromatic N) is 2. The highest BCUT2D eigenvalue weighted by Crippen LogP contribution is 2.28. The highest BCUT2D eigenvalue weighted by Gasteiger charge is 2.30. The summed E-state index contributed by atoms with van der Waals surface area (Å²) in [5.41, 5.74) is 7.07. The summed E-state index contributed by atoms with van der Waals surface area (Å²) in [6, 6.07) is 14.5. The molecule has 194 valence electrons. The molecule has 2 aromatic heterocycles. The van der Waals surface area contributed by atoms with Gasteiger partial charge in [0.1, 0.15) is 5.69 Å². The molecule has 0 unspecified atom stereocenters. The number of carbonyl (C=O) groups is 2. The Morgan fingerprint density at radius 2 is 1.81 bits per heavy atom. The van der Waals surface area contributed by atoms with Crippen molar-refractivity contribution in [3.05, 3.63) is 71.4 Å². The first kappa shape index (κ1) is 26.7. The lowest BCUT2D eigenvalue weighted by Crippen LogP contribution is -2.46. The zero-order chi connectivity index (χ0) is 26.6. The van der Waals surface area contributed by atoms with E-state index in [4.69, 9.17) is 5.73 Å². The third kappa shape index (κ3) is 6.88. The summed E-state index contributed by atoms with van der Waals surface area (Å²) in [6.07, 6.45) is 1.45. The fourth-order valence-corrected chi connectivity index (χ4v) is 5.36. The molecule has 2 aromatic carbocycles. The molecule has 0 spiro atoms. The summed E-state index contributed by atoms with van der Waals surface area (Å²) < 4.78 is 1.11. The monoisotopic (exact) mass is 520 g/mol. The molecule has 4 rings (SSSR count). The molecule has 4 aromatic rings. The minimum atomic E-state index is -1.06. The van der Waals surface area contributed by atoms with Gasteiger partial charge in [0.25, 0.3) is 5.91 Å². The van der Waals surface area contributed by atoms with E-state index in [1.54, 1.807) is 31.3 Å². The van der Waals surface area contributed by atoms with E-state index in [1.165, 1.54) is 6.20 Å². The van der Waals surface area contributed by atoms with Crippen LogP contribution in [0.1, 0.15) is 49.2 Å². The van der Waals surface area contributed by atoms with Crippen molar-refractivity contribution in [2.75, 3.05) is 0 Å². The largest absolute Gasteiger partial charge is 0.391 e. The fourth-order valence-electron chi connectivity index (χ4n) is 4.38. The Balaban J connectivity index is 1.58. The van der Waals surface area contributed by atoms with Gasteiger partial charge in [-0.2, -0.15) is 0 Å². The predicted molar refractivity (Wildman–Crippen MR) is 145 cm³/mol. The Morgan fingerprint density at radius 3 is 2.54 bits per heavy atom. The van der Waals surface area contributed by atoms with E-state index in [1.807, 2.05) is 47.8 Å². The number of primary amides is 1. The van der Waals surface area contributed by atoms with Crippen LogP contribution in [0.4, 0.5) is 0 Å². The van der Waals surface area contributed by atoms with Gasteiger partial charge in [-0.05, 0) is 74.1 Å². The minimum absolute atomic E-state index is 0.0574. The number of aliphatic hydroxyl groups is 2. The van der Waals surface area contributed by atoms with Crippen molar-refractivity contribution in [2.24, 2.45) is 11.7 Å². The molecule has 0 aliphatic heterocycles. The van der Waals surface area contributed by atoms with Crippen LogP contribution in [0.25, 0.3) is 21.1 Å². The summed E-state index contributed by atoms with van der Waals surface area (Å²) >= 11 is 1.60. The van der Waals surface area contributed by atoms with Gasteiger partial charge >= 0.3 is 0 Å². The molecule has 2 heterocycles. The van der Waals surface area contributed by atoms with Crippen molar-refractivity contribution in [3.63, 3.8) is 0 Å². The van der Waals surface area contributed by atoms with E-state index in [9.17, 15) is 19.8 Å². The van der Waals surface area contributed by atoms with E-state index in [2.05, 4.69) is 15.3 Å². The second-order valence-corrected chi connectivity index (χ2v) is 10.9. The number of nitrogens with two attached hydrogens (primary N) is 1. The molecular weight excluding hydrogens is 488 g/mol. The molecule has 0 radical (unpaired) electrons. The third-order valence-corrected chi connectivity index (χ3v) is 7.51. The lowest BCUT2D eigenvalue weighted by atomic mass is 9.87. The van der Waals surface area contributed by atoms with Crippen molar-refractivity contribution >= 4 is 44.3 Å². The number of benzene rings is 2. The maximum atomic E-state index is 13.2. The first-order valence-corrected chi connectivity index (χ1v) is 13.2. The molecule has 8 nitrogen and oxygen atoms in total. The lowest BCUT2D eigenvalue weighted by Gasteiger charge is -2.27. The Kier molecular flexibility index (Phi) is 8.16. The van der Waals surface area contributed by atoms with Crippen LogP contribution < -0.4 is 11.1 Å². The molecule has 0 fully saturated rings. The van der Waals surface area contributed by atoms with E-state index in [-0.39, 0.29) is 12.1 Å². The fraction of sp³-hybridized carbons (Fsp3) is 0.357. The summed E-state index contributed by atoms with van der Waals surface area (Å²) in [6.45, 7) is 3.33. The van der Waals surface area contributed by atoms with E-state index in [0.717, 1.165) is 15.6 Å². The molecule has 0 saturated carbocycles. The Morgan fingerprint density at radius 1 is 1.11 bits per heavy atom. The summed E-state index contributed by atoms with van der Waals surface area (Å²) in [5, 5.41) is 27.4. The maximum Gasteiger partial charge on any atom is 0.271 e. The summed E-state index contributed by atoms with van der Waals surface area (Å²) in [5.74, 6) is -1.66. The van der Waals surface area contributed by atoms with Crippen LogP contribution in [-0.4, -0.2) is 49.7 Å². The number of fused-ring (bicyclic) bond motifs is 2. The molecule has 3 atom stereocenters. The zero-order valence-electron chi connectivity index (χ0n) is 20.9. The Labute approximate surface area is 219 Å². The SMILES string of the molecule is CC(C)(O)CC[C@H](C[C@H](O)[C@H](Cc1csc2ccccc12)NC(=O)c1cnc2ccccc2n1)C(N)=O. The summed E-state index contributed by atoms with van der Waals surface area (Å²) in [7, 11) is 0. The van der Waals surface area contributed by atoms with Crippen LogP contribution in [-0.2, 0) is 11.2 Å². The molecule has 2 amide bonds. The van der Waals surface area contributed by atoms with Gasteiger partial charge in [-0.15, -0.1) is 11.3 Å². The van der Waals surface area contributed by atoms with Crippen molar-refractivity contribution in [3.8, 4) is 0 Å². The van der Waals surface area contributed by atoms with Crippen LogP contribution in [0, 0.1) is 5.92 Å². The van der Waals surface area contributed by atoms with E-state index < -0.39 is 35.5 Å². The average molecular weight is 521 g/mol. The third-order valence-electron chi connectivity index (χ3n) is 6.50. The van der Waals surface area contributed by atoms with Gasteiger partial charge in [-0.3, -0.25) is 14.6 Å². The smallest absolute Gasteiger partial charge is 0.271 e. The number of hydrogen-bond acceptors (Lipinski definition) is 7. The van der Waals surface area contributed by atoms with Gasteiger partial charge in [0, 0.05) is 10.6 Å². The topological polar surface area (TPSA) is 138 Å². The van der Waals surface area contributed by atoms with Gasteiger partial charge in [0.05, 0.1) is 35.0 Å².